The number of phenolic OH excluding ortho intramolecular Hbond substituents is 1. The van der Waals surface area contributed by atoms with E-state index in [0.717, 1.165) is 61.3 Å². The summed E-state index contributed by atoms with van der Waals surface area (Å²) in [4.78, 5) is 47.7. The molecule has 5 heterocycles. The number of nitrogens with zero attached hydrogens (tertiary/aromatic N) is 3. The van der Waals surface area contributed by atoms with E-state index in [2.05, 4.69) is 15.2 Å². The molecule has 5 fully saturated rings. The van der Waals surface area contributed by atoms with Gasteiger partial charge < -0.3 is 29.4 Å². The third kappa shape index (κ3) is 10.8. The number of carbonyl (C=O) groups is 3. The summed E-state index contributed by atoms with van der Waals surface area (Å²) in [5.74, 6) is 0.200. The van der Waals surface area contributed by atoms with Crippen LogP contribution in [-0.4, -0.2) is 82.8 Å². The summed E-state index contributed by atoms with van der Waals surface area (Å²) in [6.07, 6.45) is 6.07. The van der Waals surface area contributed by atoms with Crippen molar-refractivity contribution in [3.05, 3.63) is 147 Å². The first-order valence-corrected chi connectivity index (χ1v) is 23.2. The molecule has 12 nitrogen and oxygen atoms in total. The molecule has 2 bridgehead atoms. The van der Waals surface area contributed by atoms with Crippen molar-refractivity contribution in [2.75, 3.05) is 39.3 Å². The number of ether oxygens (including phenoxy) is 4. The fraction of sp³-hybridized carbons (Fsp3) is 0.347. The van der Waals surface area contributed by atoms with Crippen LogP contribution in [0.2, 0.25) is 10.0 Å². The molecule has 0 radical (unpaired) electrons. The van der Waals surface area contributed by atoms with E-state index < -0.39 is 30.1 Å². The normalized spacial score (nSPS) is 20.4. The van der Waals surface area contributed by atoms with E-state index in [1.54, 1.807) is 48.5 Å². The van der Waals surface area contributed by atoms with E-state index in [9.17, 15) is 19.5 Å². The van der Waals surface area contributed by atoms with Crippen LogP contribution in [0.5, 0.6) is 17.2 Å². The van der Waals surface area contributed by atoms with Crippen LogP contribution in [0.15, 0.2) is 114 Å². The number of esters is 2. The number of pyridine rings is 1. The van der Waals surface area contributed by atoms with Crippen LogP contribution in [0.4, 0.5) is 4.79 Å². The van der Waals surface area contributed by atoms with Crippen molar-refractivity contribution in [3.8, 4) is 17.2 Å². The summed E-state index contributed by atoms with van der Waals surface area (Å²) in [6.45, 7) is 4.21. The summed E-state index contributed by atoms with van der Waals surface area (Å²) in [5.41, 5.74) is 3.18. The number of fused-ring (bicyclic) bond motifs is 3. The number of alkyl carbamates (subject to hydrolysis) is 1. The zero-order chi connectivity index (χ0) is 44.2. The number of aromatic nitrogens is 1. The summed E-state index contributed by atoms with van der Waals surface area (Å²) in [6, 6.07) is 28.3. The SMILES string of the molecule is O=C(N[C@@H](c1ccccc1)c1cccc(OC(=O)c2cccc(SN3CC(C(=O)O[C@@H](Cc4c(Cl)cncc4Cl)c4ccc(O)c(OCC5CC5)c4)C3)c2)c1)O[C@H]1CN2CCC1CC2. The van der Waals surface area contributed by atoms with Gasteiger partial charge in [-0.1, -0.05) is 77.8 Å². The standard InChI is InChI=1S/C49H48Cl2N4O8S/c50-40-24-52-25-41(51)39(40)23-43(33-14-15-42(56)44(22-33)60-29-30-12-13-30)62-48(58)36-26-55(27-36)64-38-11-5-9-35(21-38)47(57)61-37-10-4-8-34(20-37)46(32-6-2-1-3-7-32)53-49(59)63-45-28-54-18-16-31(45)17-19-54/h1-11,14-15,20-22,24-25,30-31,36,43,45-46,56H,12-13,16-19,23,26-29H2,(H,53,59)/t43-,45-,46-/m0/s1. The molecule has 64 heavy (non-hydrogen) atoms. The Labute approximate surface area is 386 Å². The molecule has 4 saturated heterocycles. The van der Waals surface area contributed by atoms with Crippen LogP contribution in [0, 0.1) is 17.8 Å². The predicted octanol–water partition coefficient (Wildman–Crippen LogP) is 9.48. The van der Waals surface area contributed by atoms with E-state index in [-0.39, 0.29) is 24.2 Å². The van der Waals surface area contributed by atoms with Crippen LogP contribution in [0.1, 0.15) is 70.4 Å². The van der Waals surface area contributed by atoms with Crippen molar-refractivity contribution < 1.29 is 38.4 Å². The number of rotatable bonds is 16. The predicted molar refractivity (Wildman–Crippen MR) is 243 cm³/mol. The van der Waals surface area contributed by atoms with Crippen LogP contribution >= 0.6 is 35.1 Å². The first-order chi connectivity index (χ1) is 31.1. The monoisotopic (exact) mass is 922 g/mol. The number of carbonyl (C=O) groups excluding carboxylic acids is 3. The maximum Gasteiger partial charge on any atom is 0.408 e. The molecule has 2 N–H and O–H groups in total. The molecule has 15 heteroatoms. The average molecular weight is 924 g/mol. The van der Waals surface area contributed by atoms with Gasteiger partial charge in [-0.05, 0) is 127 Å². The molecule has 1 aromatic heterocycles. The molecule has 332 valence electrons. The van der Waals surface area contributed by atoms with Crippen molar-refractivity contribution in [2.45, 2.75) is 55.2 Å². The lowest BCUT2D eigenvalue weighted by atomic mass is 9.86. The van der Waals surface area contributed by atoms with Gasteiger partial charge in [0.05, 0.1) is 34.2 Å². The fourth-order valence-electron chi connectivity index (χ4n) is 8.37. The maximum absolute atomic E-state index is 13.7. The number of aromatic hydroxyl groups is 1. The Morgan fingerprint density at radius 2 is 1.58 bits per heavy atom. The molecule has 4 aromatic carbocycles. The lowest BCUT2D eigenvalue weighted by Gasteiger charge is -2.43. The van der Waals surface area contributed by atoms with Crippen molar-refractivity contribution >= 4 is 53.2 Å². The second-order valence-corrected chi connectivity index (χ2v) is 18.9. The largest absolute Gasteiger partial charge is 0.504 e. The van der Waals surface area contributed by atoms with E-state index in [0.29, 0.717) is 69.8 Å². The molecule has 4 aliphatic heterocycles. The van der Waals surface area contributed by atoms with E-state index in [4.69, 9.17) is 42.1 Å². The molecular formula is C49H48Cl2N4O8S. The number of hydrogen-bond acceptors (Lipinski definition) is 12. The Balaban J connectivity index is 0.817. The molecule has 5 aliphatic rings. The number of piperidine rings is 3. The van der Waals surface area contributed by atoms with Crippen molar-refractivity contribution in [2.24, 2.45) is 17.8 Å². The highest BCUT2D eigenvalue weighted by Crippen LogP contribution is 2.39. The number of halogens is 2. The summed E-state index contributed by atoms with van der Waals surface area (Å²) in [5, 5.41) is 14.3. The number of nitrogens with one attached hydrogen (secondary N) is 1. The molecule has 0 unspecified atom stereocenters. The van der Waals surface area contributed by atoms with Gasteiger partial charge >= 0.3 is 18.0 Å². The first-order valence-electron chi connectivity index (χ1n) is 21.7. The molecule has 0 spiro atoms. The third-order valence-electron chi connectivity index (χ3n) is 12.3. The number of phenols is 1. The topological polar surface area (TPSA) is 140 Å². The van der Waals surface area contributed by atoms with Gasteiger partial charge in [0, 0.05) is 43.3 Å². The third-order valence-corrected chi connectivity index (χ3v) is 13.9. The van der Waals surface area contributed by atoms with Gasteiger partial charge in [-0.3, -0.25) is 14.7 Å². The number of benzene rings is 4. The second-order valence-electron chi connectivity index (χ2n) is 16.9. The van der Waals surface area contributed by atoms with Gasteiger partial charge in [-0.15, -0.1) is 0 Å². The minimum atomic E-state index is -0.768. The Kier molecular flexibility index (Phi) is 13.6. The summed E-state index contributed by atoms with van der Waals surface area (Å²) in [7, 11) is 0. The molecule has 5 aromatic rings. The highest BCUT2D eigenvalue weighted by Gasteiger charge is 2.38. The fourth-order valence-corrected chi connectivity index (χ4v) is 10.0. The van der Waals surface area contributed by atoms with Crippen LogP contribution in [0.3, 0.4) is 0 Å². The van der Waals surface area contributed by atoms with Crippen molar-refractivity contribution in [1.82, 2.24) is 19.5 Å². The van der Waals surface area contributed by atoms with Crippen molar-refractivity contribution in [3.63, 3.8) is 0 Å². The van der Waals surface area contributed by atoms with E-state index in [1.165, 1.54) is 30.4 Å². The smallest absolute Gasteiger partial charge is 0.408 e. The minimum Gasteiger partial charge on any atom is -0.504 e. The Morgan fingerprint density at radius 1 is 0.828 bits per heavy atom. The number of hydrogen-bond donors (Lipinski definition) is 2. The minimum absolute atomic E-state index is 0.00671. The Hall–Kier alpha value is -5.31. The molecule has 10 rings (SSSR count). The molecular weight excluding hydrogens is 876 g/mol. The Morgan fingerprint density at radius 3 is 2.31 bits per heavy atom. The van der Waals surface area contributed by atoms with Gasteiger partial charge in [-0.25, -0.2) is 13.9 Å². The highest BCUT2D eigenvalue weighted by molar-refractivity contribution is 7.97. The van der Waals surface area contributed by atoms with E-state index >= 15 is 0 Å². The van der Waals surface area contributed by atoms with E-state index in [1.807, 2.05) is 46.8 Å². The van der Waals surface area contributed by atoms with Crippen molar-refractivity contribution in [1.29, 1.82) is 0 Å². The van der Waals surface area contributed by atoms with Gasteiger partial charge in [0.25, 0.3) is 0 Å². The average Bonchev–Trinajstić information content (AvgIpc) is 4.13. The van der Waals surface area contributed by atoms with Gasteiger partial charge in [0.15, 0.2) is 11.5 Å². The quantitative estimate of drug-likeness (QED) is 0.0554. The molecule has 1 saturated carbocycles. The number of amides is 1. The zero-order valence-electron chi connectivity index (χ0n) is 34.9. The lowest BCUT2D eigenvalue weighted by Crippen LogP contribution is -2.52. The van der Waals surface area contributed by atoms with Crippen LogP contribution in [-0.2, 0) is 20.7 Å². The van der Waals surface area contributed by atoms with Gasteiger partial charge in [0.2, 0.25) is 0 Å². The summed E-state index contributed by atoms with van der Waals surface area (Å²) < 4.78 is 26.0. The van der Waals surface area contributed by atoms with Gasteiger partial charge in [0.1, 0.15) is 18.0 Å². The highest BCUT2D eigenvalue weighted by atomic mass is 35.5. The first kappa shape index (κ1) is 43.9. The van der Waals surface area contributed by atoms with Crippen LogP contribution in [0.25, 0.3) is 0 Å². The maximum atomic E-state index is 13.7. The zero-order valence-corrected chi connectivity index (χ0v) is 37.3. The summed E-state index contributed by atoms with van der Waals surface area (Å²) >= 11 is 14.4. The second kappa shape index (κ2) is 19.8. The van der Waals surface area contributed by atoms with Gasteiger partial charge in [-0.2, -0.15) is 0 Å². The lowest BCUT2D eigenvalue weighted by molar-refractivity contribution is -0.158. The molecule has 3 atom stereocenters. The Bertz CT molecular complexity index is 2460. The molecule has 1 amide bonds. The molecule has 1 aliphatic carbocycles. The van der Waals surface area contributed by atoms with Crippen LogP contribution < -0.4 is 14.8 Å².